The maximum absolute atomic E-state index is 12.4. The second kappa shape index (κ2) is 7.90. The molecule has 1 atom stereocenters. The van der Waals surface area contributed by atoms with Gasteiger partial charge in [-0.2, -0.15) is 4.31 Å². The first kappa shape index (κ1) is 17.9. The van der Waals surface area contributed by atoms with E-state index in [0.717, 1.165) is 30.2 Å². The molecule has 6 nitrogen and oxygen atoms in total. The van der Waals surface area contributed by atoms with Crippen LogP contribution < -0.4 is 5.32 Å². The van der Waals surface area contributed by atoms with E-state index >= 15 is 0 Å². The minimum atomic E-state index is -3.37. The smallest absolute Gasteiger partial charge is 0.238 e. The highest BCUT2D eigenvalue weighted by Gasteiger charge is 2.34. The van der Waals surface area contributed by atoms with E-state index in [4.69, 9.17) is 4.74 Å². The van der Waals surface area contributed by atoms with Gasteiger partial charge in [-0.25, -0.2) is 8.42 Å². The van der Waals surface area contributed by atoms with Gasteiger partial charge in [0.2, 0.25) is 15.9 Å². The topological polar surface area (TPSA) is 75.7 Å². The van der Waals surface area contributed by atoms with Gasteiger partial charge in [-0.05, 0) is 24.0 Å². The van der Waals surface area contributed by atoms with Crippen LogP contribution in [0.4, 0.5) is 0 Å². The number of nitrogens with zero attached hydrogens (tertiary/aromatic N) is 1. The van der Waals surface area contributed by atoms with E-state index in [1.54, 1.807) is 7.11 Å². The standard InChI is InChI=1S/C16H24N2O4S/c1-22-12-14-8-4-3-7-13(14)11-17-16(19)15-9-5-6-10-18(15)23(2,20)21/h3-4,7-8,15H,5-6,9-12H2,1-2H3,(H,17,19). The van der Waals surface area contributed by atoms with Crippen LogP contribution in [0.3, 0.4) is 0 Å². The zero-order chi connectivity index (χ0) is 16.9. The molecule has 0 bridgehead atoms. The van der Waals surface area contributed by atoms with Crippen molar-refractivity contribution >= 4 is 15.9 Å². The van der Waals surface area contributed by atoms with Crippen LogP contribution in [0, 0.1) is 0 Å². The lowest BCUT2D eigenvalue weighted by molar-refractivity contribution is -0.125. The summed E-state index contributed by atoms with van der Waals surface area (Å²) in [6, 6.07) is 7.11. The molecule has 2 rings (SSSR count). The number of carbonyl (C=O) groups is 1. The van der Waals surface area contributed by atoms with Crippen molar-refractivity contribution in [3.63, 3.8) is 0 Å². The molecule has 0 radical (unpaired) electrons. The van der Waals surface area contributed by atoms with Crippen molar-refractivity contribution < 1.29 is 17.9 Å². The van der Waals surface area contributed by atoms with Gasteiger partial charge < -0.3 is 10.1 Å². The maximum Gasteiger partial charge on any atom is 0.238 e. The third-order valence-electron chi connectivity index (χ3n) is 4.05. The van der Waals surface area contributed by atoms with Crippen LogP contribution >= 0.6 is 0 Å². The molecule has 0 spiro atoms. The third-order valence-corrected chi connectivity index (χ3v) is 5.34. The number of nitrogens with one attached hydrogen (secondary N) is 1. The summed E-state index contributed by atoms with van der Waals surface area (Å²) < 4.78 is 30.2. The van der Waals surface area contributed by atoms with Gasteiger partial charge in [0.15, 0.2) is 0 Å². The lowest BCUT2D eigenvalue weighted by atomic mass is 10.0. The molecule has 7 heteroatoms. The number of ether oxygens (including phenoxy) is 1. The number of amides is 1. The predicted octanol–water partition coefficient (Wildman–Crippen LogP) is 1.26. The molecular weight excluding hydrogens is 316 g/mol. The molecule has 1 heterocycles. The van der Waals surface area contributed by atoms with Crippen molar-refractivity contribution in [2.75, 3.05) is 19.9 Å². The molecule has 0 aliphatic carbocycles. The minimum Gasteiger partial charge on any atom is -0.380 e. The van der Waals surface area contributed by atoms with Crippen molar-refractivity contribution in [3.8, 4) is 0 Å². The number of hydrogen-bond acceptors (Lipinski definition) is 4. The third kappa shape index (κ3) is 4.76. The van der Waals surface area contributed by atoms with E-state index in [-0.39, 0.29) is 5.91 Å². The molecule has 1 amide bonds. The number of methoxy groups -OCH3 is 1. The van der Waals surface area contributed by atoms with E-state index in [9.17, 15) is 13.2 Å². The van der Waals surface area contributed by atoms with Gasteiger partial charge in [0.25, 0.3) is 0 Å². The molecule has 23 heavy (non-hydrogen) atoms. The molecule has 128 valence electrons. The van der Waals surface area contributed by atoms with Gasteiger partial charge >= 0.3 is 0 Å². The lowest BCUT2D eigenvalue weighted by Crippen LogP contribution is -2.51. The molecule has 1 aromatic rings. The summed E-state index contributed by atoms with van der Waals surface area (Å²) in [7, 11) is -1.74. The Morgan fingerprint density at radius 2 is 2.00 bits per heavy atom. The molecule has 1 aliphatic heterocycles. The summed E-state index contributed by atoms with van der Waals surface area (Å²) in [4.78, 5) is 12.4. The molecule has 0 aromatic heterocycles. The molecular formula is C16H24N2O4S. The quantitative estimate of drug-likeness (QED) is 0.846. The Hall–Kier alpha value is -1.44. The molecule has 1 unspecified atom stereocenters. The van der Waals surface area contributed by atoms with Gasteiger partial charge in [-0.1, -0.05) is 30.7 Å². The first-order valence-corrected chi connectivity index (χ1v) is 9.58. The fourth-order valence-corrected chi connectivity index (χ4v) is 4.01. The monoisotopic (exact) mass is 340 g/mol. The predicted molar refractivity (Wildman–Crippen MR) is 88.2 cm³/mol. The Bertz CT molecular complexity index is 645. The van der Waals surface area contributed by atoms with Crippen LogP contribution in [0.1, 0.15) is 30.4 Å². The summed E-state index contributed by atoms with van der Waals surface area (Å²) in [5.74, 6) is -0.234. The second-order valence-corrected chi connectivity index (χ2v) is 7.74. The fourth-order valence-electron chi connectivity index (χ4n) is 2.89. The van der Waals surface area contributed by atoms with Crippen LogP contribution in [0.5, 0.6) is 0 Å². The van der Waals surface area contributed by atoms with Gasteiger partial charge in [0.05, 0.1) is 12.9 Å². The van der Waals surface area contributed by atoms with Crippen molar-refractivity contribution in [2.45, 2.75) is 38.5 Å². The van der Waals surface area contributed by atoms with E-state index in [0.29, 0.717) is 26.1 Å². The average Bonchev–Trinajstić information content (AvgIpc) is 2.53. The van der Waals surface area contributed by atoms with E-state index in [1.165, 1.54) is 4.31 Å². The number of piperidine rings is 1. The zero-order valence-electron chi connectivity index (χ0n) is 13.6. The Morgan fingerprint density at radius 1 is 1.30 bits per heavy atom. The number of sulfonamides is 1. The first-order chi connectivity index (χ1) is 10.9. The number of rotatable bonds is 6. The molecule has 1 aromatic carbocycles. The van der Waals surface area contributed by atoms with E-state index < -0.39 is 16.1 Å². The van der Waals surface area contributed by atoms with Crippen molar-refractivity contribution in [2.24, 2.45) is 0 Å². The Balaban J connectivity index is 2.04. The summed E-state index contributed by atoms with van der Waals surface area (Å²) >= 11 is 0. The van der Waals surface area contributed by atoms with Crippen molar-refractivity contribution in [3.05, 3.63) is 35.4 Å². The van der Waals surface area contributed by atoms with Crippen molar-refractivity contribution in [1.82, 2.24) is 9.62 Å². The maximum atomic E-state index is 12.4. The lowest BCUT2D eigenvalue weighted by Gasteiger charge is -2.32. The molecule has 0 saturated carbocycles. The normalized spacial score (nSPS) is 19.5. The van der Waals surface area contributed by atoms with Gasteiger partial charge in [0, 0.05) is 20.2 Å². The Labute approximate surface area is 137 Å². The largest absolute Gasteiger partial charge is 0.380 e. The number of hydrogen-bond donors (Lipinski definition) is 1. The van der Waals surface area contributed by atoms with E-state index in [2.05, 4.69) is 5.32 Å². The molecule has 1 fully saturated rings. The summed E-state index contributed by atoms with van der Waals surface area (Å²) in [5.41, 5.74) is 1.99. The van der Waals surface area contributed by atoms with Gasteiger partial charge in [-0.15, -0.1) is 0 Å². The summed E-state index contributed by atoms with van der Waals surface area (Å²) in [5, 5.41) is 2.87. The Kier molecular flexibility index (Phi) is 6.15. The van der Waals surface area contributed by atoms with Crippen LogP contribution in [-0.2, 0) is 32.7 Å². The van der Waals surface area contributed by atoms with Crippen LogP contribution in [0.15, 0.2) is 24.3 Å². The SMILES string of the molecule is COCc1ccccc1CNC(=O)C1CCCCN1S(C)(=O)=O. The minimum absolute atomic E-state index is 0.234. The molecule has 1 N–H and O–H groups in total. The molecule has 1 aliphatic rings. The highest BCUT2D eigenvalue weighted by Crippen LogP contribution is 2.20. The zero-order valence-corrected chi connectivity index (χ0v) is 14.4. The first-order valence-electron chi connectivity index (χ1n) is 7.73. The Morgan fingerprint density at radius 3 is 2.65 bits per heavy atom. The van der Waals surface area contributed by atoms with Crippen LogP contribution in [-0.4, -0.2) is 44.6 Å². The summed E-state index contributed by atoms with van der Waals surface area (Å²) in [6.45, 7) is 1.26. The number of benzene rings is 1. The number of carbonyl (C=O) groups excluding carboxylic acids is 1. The van der Waals surface area contributed by atoms with E-state index in [1.807, 2.05) is 24.3 Å². The van der Waals surface area contributed by atoms with Gasteiger partial charge in [-0.3, -0.25) is 4.79 Å². The fraction of sp³-hybridized carbons (Fsp3) is 0.562. The highest BCUT2D eigenvalue weighted by molar-refractivity contribution is 7.88. The highest BCUT2D eigenvalue weighted by atomic mass is 32.2. The van der Waals surface area contributed by atoms with Crippen LogP contribution in [0.2, 0.25) is 0 Å². The average molecular weight is 340 g/mol. The van der Waals surface area contributed by atoms with Crippen molar-refractivity contribution in [1.29, 1.82) is 0 Å². The summed E-state index contributed by atoms with van der Waals surface area (Å²) in [6.07, 6.45) is 3.39. The second-order valence-electron chi connectivity index (χ2n) is 5.80. The van der Waals surface area contributed by atoms with Crippen LogP contribution in [0.25, 0.3) is 0 Å². The van der Waals surface area contributed by atoms with Gasteiger partial charge in [0.1, 0.15) is 6.04 Å². The molecule has 1 saturated heterocycles.